The van der Waals surface area contributed by atoms with Crippen molar-refractivity contribution in [1.82, 2.24) is 10.2 Å². The number of amides is 2. The van der Waals surface area contributed by atoms with E-state index >= 15 is 0 Å². The Balaban J connectivity index is 1.40. The Hall–Kier alpha value is -3.35. The number of carbonyl (C=O) groups excluding carboxylic acids is 2. The van der Waals surface area contributed by atoms with Gasteiger partial charge in [0.15, 0.2) is 0 Å². The molecular formula is C27H32N2O5. The fraction of sp³-hybridized carbons (Fsp3) is 0.444. The van der Waals surface area contributed by atoms with Crippen LogP contribution in [0.15, 0.2) is 48.5 Å². The van der Waals surface area contributed by atoms with Gasteiger partial charge in [-0.3, -0.25) is 9.59 Å². The highest BCUT2D eigenvalue weighted by Crippen LogP contribution is 2.44. The fourth-order valence-corrected chi connectivity index (χ4v) is 5.19. The van der Waals surface area contributed by atoms with E-state index < -0.39 is 24.0 Å². The molecule has 0 spiro atoms. The van der Waals surface area contributed by atoms with Crippen LogP contribution in [0.25, 0.3) is 11.1 Å². The van der Waals surface area contributed by atoms with Gasteiger partial charge in [0.05, 0.1) is 5.92 Å². The molecule has 1 saturated heterocycles. The number of likely N-dealkylation sites (tertiary alicyclic amines) is 1. The summed E-state index contributed by atoms with van der Waals surface area (Å²) in [6, 6.07) is 15.5. The highest BCUT2D eigenvalue weighted by Gasteiger charge is 2.37. The molecule has 3 unspecified atom stereocenters. The van der Waals surface area contributed by atoms with Crippen LogP contribution in [0.4, 0.5) is 4.79 Å². The summed E-state index contributed by atoms with van der Waals surface area (Å²) in [5.74, 6) is -1.80. The van der Waals surface area contributed by atoms with E-state index in [1.54, 1.807) is 4.90 Å². The summed E-state index contributed by atoms with van der Waals surface area (Å²) in [5.41, 5.74) is 4.56. The first-order chi connectivity index (χ1) is 16.3. The summed E-state index contributed by atoms with van der Waals surface area (Å²) >= 11 is 0. The maximum atomic E-state index is 13.2. The molecule has 7 heteroatoms. The number of hydrogen-bond donors (Lipinski definition) is 2. The van der Waals surface area contributed by atoms with Gasteiger partial charge in [0.1, 0.15) is 12.6 Å². The fourth-order valence-electron chi connectivity index (χ4n) is 5.19. The summed E-state index contributed by atoms with van der Waals surface area (Å²) in [7, 11) is 0. The largest absolute Gasteiger partial charge is 0.481 e. The van der Waals surface area contributed by atoms with Crippen molar-refractivity contribution >= 4 is 18.0 Å². The molecular weight excluding hydrogens is 432 g/mol. The van der Waals surface area contributed by atoms with Crippen molar-refractivity contribution in [2.45, 2.75) is 39.2 Å². The van der Waals surface area contributed by atoms with Gasteiger partial charge < -0.3 is 20.1 Å². The maximum absolute atomic E-state index is 13.2. The molecule has 4 rings (SSSR count). The molecule has 2 aliphatic rings. The Kier molecular flexibility index (Phi) is 6.91. The molecule has 2 aromatic rings. The van der Waals surface area contributed by atoms with Crippen molar-refractivity contribution in [3.05, 3.63) is 59.7 Å². The summed E-state index contributed by atoms with van der Waals surface area (Å²) < 4.78 is 5.63. The van der Waals surface area contributed by atoms with Gasteiger partial charge in [-0.15, -0.1) is 0 Å². The Morgan fingerprint density at radius 2 is 1.65 bits per heavy atom. The lowest BCUT2D eigenvalue weighted by Crippen LogP contribution is -2.55. The number of hydrogen-bond acceptors (Lipinski definition) is 4. The first kappa shape index (κ1) is 23.8. The van der Waals surface area contributed by atoms with Crippen LogP contribution in [0.2, 0.25) is 0 Å². The summed E-state index contributed by atoms with van der Waals surface area (Å²) in [4.78, 5) is 39.0. The zero-order chi connectivity index (χ0) is 24.4. The van der Waals surface area contributed by atoms with Gasteiger partial charge in [-0.2, -0.15) is 0 Å². The third-order valence-corrected chi connectivity index (χ3v) is 7.08. The van der Waals surface area contributed by atoms with Crippen molar-refractivity contribution in [3.8, 4) is 11.1 Å². The number of nitrogens with one attached hydrogen (secondary N) is 1. The third kappa shape index (κ3) is 4.65. The minimum atomic E-state index is -0.822. The summed E-state index contributed by atoms with van der Waals surface area (Å²) in [5, 5.41) is 12.1. The second kappa shape index (κ2) is 9.87. The number of aliphatic carboxylic acids is 1. The molecule has 2 aromatic carbocycles. The topological polar surface area (TPSA) is 95.9 Å². The first-order valence-electron chi connectivity index (χ1n) is 11.9. The van der Waals surface area contributed by atoms with Crippen molar-refractivity contribution in [2.24, 2.45) is 17.8 Å². The molecule has 180 valence electrons. The minimum absolute atomic E-state index is 0.0535. The lowest BCUT2D eigenvalue weighted by molar-refractivity contribution is -0.149. The van der Waals surface area contributed by atoms with Crippen LogP contribution < -0.4 is 5.32 Å². The quantitative estimate of drug-likeness (QED) is 0.671. The first-order valence-corrected chi connectivity index (χ1v) is 11.9. The zero-order valence-electron chi connectivity index (χ0n) is 19.9. The predicted molar refractivity (Wildman–Crippen MR) is 128 cm³/mol. The maximum Gasteiger partial charge on any atom is 0.407 e. The molecule has 2 amide bonds. The van der Waals surface area contributed by atoms with E-state index in [1.165, 1.54) is 0 Å². The van der Waals surface area contributed by atoms with Gasteiger partial charge in [-0.25, -0.2) is 4.79 Å². The number of carboxylic acid groups (broad SMARTS) is 1. The SMILES string of the molecule is CC(C)C(NC(=O)OCC1c2ccccc2-c2ccccc21)C(=O)N1CCC(C(=O)O)C(C)C1. The zero-order valence-corrected chi connectivity index (χ0v) is 19.9. The highest BCUT2D eigenvalue weighted by atomic mass is 16.5. The molecule has 3 atom stereocenters. The van der Waals surface area contributed by atoms with Gasteiger partial charge in [-0.1, -0.05) is 69.3 Å². The minimum Gasteiger partial charge on any atom is -0.481 e. The van der Waals surface area contributed by atoms with Crippen molar-refractivity contribution in [1.29, 1.82) is 0 Å². The normalized spacial score (nSPS) is 20.4. The van der Waals surface area contributed by atoms with Crippen molar-refractivity contribution in [2.75, 3.05) is 19.7 Å². The summed E-state index contributed by atoms with van der Waals surface area (Å²) in [6.07, 6.45) is -0.208. The van der Waals surface area contributed by atoms with Gasteiger partial charge in [-0.05, 0) is 40.5 Å². The number of alkyl carbamates (subject to hydrolysis) is 1. The van der Waals surface area contributed by atoms with Gasteiger partial charge in [0.2, 0.25) is 5.91 Å². The van der Waals surface area contributed by atoms with Gasteiger partial charge in [0.25, 0.3) is 0 Å². The van der Waals surface area contributed by atoms with E-state index in [0.29, 0.717) is 19.5 Å². The molecule has 1 fully saturated rings. The van der Waals surface area contributed by atoms with Gasteiger partial charge >= 0.3 is 12.1 Å². The van der Waals surface area contributed by atoms with E-state index in [-0.39, 0.29) is 30.3 Å². The molecule has 0 aromatic heterocycles. The molecule has 1 aliphatic heterocycles. The molecule has 34 heavy (non-hydrogen) atoms. The lowest BCUT2D eigenvalue weighted by Gasteiger charge is -2.37. The van der Waals surface area contributed by atoms with E-state index in [9.17, 15) is 19.5 Å². The molecule has 2 N–H and O–H groups in total. The highest BCUT2D eigenvalue weighted by molar-refractivity contribution is 5.86. The number of ether oxygens (including phenoxy) is 1. The third-order valence-electron chi connectivity index (χ3n) is 7.08. The molecule has 7 nitrogen and oxygen atoms in total. The van der Waals surface area contributed by atoms with Crippen LogP contribution in [0, 0.1) is 17.8 Å². The number of fused-ring (bicyclic) bond motifs is 3. The Labute approximate surface area is 200 Å². The average Bonchev–Trinajstić information content (AvgIpc) is 3.14. The second-order valence-corrected chi connectivity index (χ2v) is 9.69. The second-order valence-electron chi connectivity index (χ2n) is 9.69. The number of rotatable bonds is 6. The van der Waals surface area contributed by atoms with Crippen LogP contribution in [0.5, 0.6) is 0 Å². The van der Waals surface area contributed by atoms with E-state index in [4.69, 9.17) is 4.74 Å². The standard InChI is InChI=1S/C27H32N2O5/c1-16(2)24(25(30)29-13-12-18(26(31)32)17(3)14-29)28-27(33)34-15-23-21-10-6-4-8-19(21)20-9-5-7-11-22(20)23/h4-11,16-18,23-24H,12-15H2,1-3H3,(H,28,33)(H,31,32). The Bertz CT molecular complexity index is 1040. The van der Waals surface area contributed by atoms with Crippen molar-refractivity contribution < 1.29 is 24.2 Å². The van der Waals surface area contributed by atoms with E-state index in [1.807, 2.05) is 45.0 Å². The number of carbonyl (C=O) groups is 3. The average molecular weight is 465 g/mol. The number of carboxylic acids is 1. The summed E-state index contributed by atoms with van der Waals surface area (Å²) in [6.45, 7) is 6.52. The number of piperidine rings is 1. The van der Waals surface area contributed by atoms with E-state index in [0.717, 1.165) is 22.3 Å². The number of nitrogens with zero attached hydrogens (tertiary/aromatic N) is 1. The Morgan fingerprint density at radius 1 is 1.06 bits per heavy atom. The Morgan fingerprint density at radius 3 is 2.18 bits per heavy atom. The molecule has 0 radical (unpaired) electrons. The van der Waals surface area contributed by atoms with Crippen LogP contribution in [-0.4, -0.2) is 53.7 Å². The molecule has 1 heterocycles. The molecule has 1 aliphatic carbocycles. The lowest BCUT2D eigenvalue weighted by atomic mass is 9.86. The van der Waals surface area contributed by atoms with Crippen LogP contribution in [-0.2, 0) is 14.3 Å². The molecule has 0 saturated carbocycles. The van der Waals surface area contributed by atoms with Gasteiger partial charge in [0, 0.05) is 19.0 Å². The van der Waals surface area contributed by atoms with Crippen LogP contribution in [0.3, 0.4) is 0 Å². The smallest absolute Gasteiger partial charge is 0.407 e. The molecule has 0 bridgehead atoms. The number of benzene rings is 2. The van der Waals surface area contributed by atoms with E-state index in [2.05, 4.69) is 29.6 Å². The van der Waals surface area contributed by atoms with Crippen molar-refractivity contribution in [3.63, 3.8) is 0 Å². The monoisotopic (exact) mass is 464 g/mol. The van der Waals surface area contributed by atoms with Crippen LogP contribution >= 0.6 is 0 Å². The predicted octanol–water partition coefficient (Wildman–Crippen LogP) is 4.12. The van der Waals surface area contributed by atoms with Crippen LogP contribution in [0.1, 0.15) is 44.2 Å².